The van der Waals surface area contributed by atoms with Gasteiger partial charge in [-0.15, -0.1) is 6.58 Å². The zero-order valence-corrected chi connectivity index (χ0v) is 5.42. The van der Waals surface area contributed by atoms with Crippen molar-refractivity contribution in [1.82, 2.24) is 0 Å². The number of carbonyl (C=O) groups is 1. The molecule has 0 aromatic carbocycles. The largest absolute Gasteiger partial charge is 0.478 e. The van der Waals surface area contributed by atoms with Crippen molar-refractivity contribution in [2.24, 2.45) is 0 Å². The van der Waals surface area contributed by atoms with Crippen molar-refractivity contribution in [3.05, 3.63) is 24.3 Å². The predicted octanol–water partition coefficient (Wildman–Crippen LogP) is 1.59. The second-order valence-electron chi connectivity index (χ2n) is 1.61. The van der Waals surface area contributed by atoms with Crippen molar-refractivity contribution in [1.29, 1.82) is 0 Å². The van der Waals surface area contributed by atoms with Crippen LogP contribution in [0.15, 0.2) is 24.3 Å². The minimum atomic E-state index is -0.864. The summed E-state index contributed by atoms with van der Waals surface area (Å²) in [6, 6.07) is 0. The summed E-state index contributed by atoms with van der Waals surface area (Å²) in [5.41, 5.74) is 0.394. The highest BCUT2D eigenvalue weighted by Gasteiger charge is 2.00. The van der Waals surface area contributed by atoms with Crippen LogP contribution in [0.4, 0.5) is 0 Å². The Balaban J connectivity index is 4.00. The minimum Gasteiger partial charge on any atom is -0.478 e. The Hall–Kier alpha value is -1.05. The lowest BCUT2D eigenvalue weighted by atomic mass is 10.2. The van der Waals surface area contributed by atoms with Crippen molar-refractivity contribution in [2.75, 3.05) is 0 Å². The molecule has 0 atom stereocenters. The van der Waals surface area contributed by atoms with Gasteiger partial charge in [0.15, 0.2) is 0 Å². The summed E-state index contributed by atoms with van der Waals surface area (Å²) in [6.07, 6.45) is 3.58. The van der Waals surface area contributed by atoms with E-state index in [0.29, 0.717) is 12.0 Å². The van der Waals surface area contributed by atoms with Gasteiger partial charge in [0.2, 0.25) is 0 Å². The van der Waals surface area contributed by atoms with E-state index in [2.05, 4.69) is 6.58 Å². The SMILES string of the molecule is C=CCC(=CC)C(=O)O. The molecule has 0 amide bonds. The number of hydrogen-bond acceptors (Lipinski definition) is 1. The van der Waals surface area contributed by atoms with Gasteiger partial charge in [0.25, 0.3) is 0 Å². The van der Waals surface area contributed by atoms with Gasteiger partial charge in [-0.1, -0.05) is 12.2 Å². The van der Waals surface area contributed by atoms with Gasteiger partial charge >= 0.3 is 5.97 Å². The highest BCUT2D eigenvalue weighted by Crippen LogP contribution is 2.00. The Morgan fingerprint density at radius 2 is 2.33 bits per heavy atom. The van der Waals surface area contributed by atoms with Crippen LogP contribution in [0.1, 0.15) is 13.3 Å². The molecule has 1 N–H and O–H groups in total. The topological polar surface area (TPSA) is 37.3 Å². The molecule has 0 bridgehead atoms. The first-order chi connectivity index (χ1) is 4.22. The van der Waals surface area contributed by atoms with Gasteiger partial charge in [-0.25, -0.2) is 4.79 Å². The number of carboxylic acid groups (broad SMARTS) is 1. The Morgan fingerprint density at radius 3 is 2.44 bits per heavy atom. The molecule has 0 spiro atoms. The Labute approximate surface area is 54.5 Å². The molecule has 0 aliphatic carbocycles. The van der Waals surface area contributed by atoms with Gasteiger partial charge in [0, 0.05) is 5.57 Å². The first-order valence-corrected chi connectivity index (χ1v) is 2.71. The zero-order valence-electron chi connectivity index (χ0n) is 5.42. The summed E-state index contributed by atoms with van der Waals surface area (Å²) in [4.78, 5) is 10.2. The van der Waals surface area contributed by atoms with Crippen LogP contribution >= 0.6 is 0 Å². The minimum absolute atomic E-state index is 0.394. The fourth-order valence-electron chi connectivity index (χ4n) is 0.484. The van der Waals surface area contributed by atoms with Crippen LogP contribution in [0.2, 0.25) is 0 Å². The zero-order chi connectivity index (χ0) is 7.28. The lowest BCUT2D eigenvalue weighted by Crippen LogP contribution is -1.98. The van der Waals surface area contributed by atoms with Crippen LogP contribution < -0.4 is 0 Å². The van der Waals surface area contributed by atoms with Crippen molar-refractivity contribution < 1.29 is 9.90 Å². The van der Waals surface area contributed by atoms with Crippen LogP contribution in [0.3, 0.4) is 0 Å². The summed E-state index contributed by atoms with van der Waals surface area (Å²) < 4.78 is 0. The molecule has 0 unspecified atom stereocenters. The molecule has 0 rings (SSSR count). The Kier molecular flexibility index (Phi) is 3.44. The average molecular weight is 126 g/mol. The van der Waals surface area contributed by atoms with E-state index < -0.39 is 5.97 Å². The number of carboxylic acids is 1. The van der Waals surface area contributed by atoms with E-state index in [1.54, 1.807) is 19.1 Å². The number of aliphatic carboxylic acids is 1. The lowest BCUT2D eigenvalue weighted by molar-refractivity contribution is -0.132. The molecule has 0 heterocycles. The summed E-state index contributed by atoms with van der Waals surface area (Å²) in [7, 11) is 0. The van der Waals surface area contributed by atoms with E-state index in [-0.39, 0.29) is 0 Å². The molecule has 0 fully saturated rings. The van der Waals surface area contributed by atoms with E-state index in [4.69, 9.17) is 5.11 Å². The summed E-state index contributed by atoms with van der Waals surface area (Å²) in [5, 5.41) is 8.39. The van der Waals surface area contributed by atoms with E-state index >= 15 is 0 Å². The molecule has 0 aromatic heterocycles. The van der Waals surface area contributed by atoms with Crippen molar-refractivity contribution in [2.45, 2.75) is 13.3 Å². The van der Waals surface area contributed by atoms with Gasteiger partial charge in [-0.3, -0.25) is 0 Å². The Bertz CT molecular complexity index is 145. The third kappa shape index (κ3) is 2.69. The monoisotopic (exact) mass is 126 g/mol. The molecule has 9 heavy (non-hydrogen) atoms. The highest BCUT2D eigenvalue weighted by atomic mass is 16.4. The maximum absolute atomic E-state index is 10.2. The first-order valence-electron chi connectivity index (χ1n) is 2.71. The van der Waals surface area contributed by atoms with Gasteiger partial charge < -0.3 is 5.11 Å². The normalized spacial score (nSPS) is 11.0. The number of hydrogen-bond donors (Lipinski definition) is 1. The van der Waals surface area contributed by atoms with Gasteiger partial charge in [-0.2, -0.15) is 0 Å². The van der Waals surface area contributed by atoms with Crippen LogP contribution in [-0.4, -0.2) is 11.1 Å². The van der Waals surface area contributed by atoms with Gasteiger partial charge in [0.05, 0.1) is 0 Å². The molecular formula is C7H10O2. The van der Waals surface area contributed by atoms with E-state index in [1.807, 2.05) is 0 Å². The van der Waals surface area contributed by atoms with Gasteiger partial charge in [0.1, 0.15) is 0 Å². The van der Waals surface area contributed by atoms with E-state index in [0.717, 1.165) is 0 Å². The summed E-state index contributed by atoms with van der Waals surface area (Å²) in [6.45, 7) is 5.13. The fraction of sp³-hybridized carbons (Fsp3) is 0.286. The van der Waals surface area contributed by atoms with Crippen molar-refractivity contribution in [3.63, 3.8) is 0 Å². The standard InChI is InChI=1S/C7H10O2/c1-3-5-6(4-2)7(8)9/h3-4H,1,5H2,2H3,(H,8,9). The molecule has 0 saturated heterocycles. The predicted molar refractivity (Wildman–Crippen MR) is 36.2 cm³/mol. The molecule has 0 saturated carbocycles. The van der Waals surface area contributed by atoms with Crippen molar-refractivity contribution >= 4 is 5.97 Å². The molecule has 0 radical (unpaired) electrons. The van der Waals surface area contributed by atoms with E-state index in [9.17, 15) is 4.79 Å². The molecule has 0 aromatic rings. The van der Waals surface area contributed by atoms with E-state index in [1.165, 1.54) is 0 Å². The van der Waals surface area contributed by atoms with Gasteiger partial charge in [-0.05, 0) is 13.3 Å². The van der Waals surface area contributed by atoms with Crippen LogP contribution in [0, 0.1) is 0 Å². The third-order valence-corrected chi connectivity index (χ3v) is 0.987. The Morgan fingerprint density at radius 1 is 1.78 bits per heavy atom. The lowest BCUT2D eigenvalue weighted by Gasteiger charge is -1.92. The molecule has 2 nitrogen and oxygen atoms in total. The highest BCUT2D eigenvalue weighted by molar-refractivity contribution is 5.86. The van der Waals surface area contributed by atoms with Crippen LogP contribution in [0.25, 0.3) is 0 Å². The molecule has 2 heteroatoms. The summed E-state index contributed by atoms with van der Waals surface area (Å²) >= 11 is 0. The first kappa shape index (κ1) is 7.95. The molecular weight excluding hydrogens is 116 g/mol. The molecule has 0 aliphatic rings. The number of rotatable bonds is 3. The van der Waals surface area contributed by atoms with Crippen LogP contribution in [0.5, 0.6) is 0 Å². The average Bonchev–Trinajstić information content (AvgIpc) is 1.82. The maximum Gasteiger partial charge on any atom is 0.331 e. The maximum atomic E-state index is 10.2. The van der Waals surface area contributed by atoms with Crippen molar-refractivity contribution in [3.8, 4) is 0 Å². The third-order valence-electron chi connectivity index (χ3n) is 0.987. The number of allylic oxidation sites excluding steroid dienone is 2. The molecule has 0 aliphatic heterocycles. The van der Waals surface area contributed by atoms with Crippen LogP contribution in [-0.2, 0) is 4.79 Å². The fourth-order valence-corrected chi connectivity index (χ4v) is 0.484. The quantitative estimate of drug-likeness (QED) is 0.460. The second kappa shape index (κ2) is 3.89. The smallest absolute Gasteiger partial charge is 0.331 e. The second-order valence-corrected chi connectivity index (χ2v) is 1.61. The molecule has 50 valence electrons. The summed E-state index contributed by atoms with van der Waals surface area (Å²) in [5.74, 6) is -0.864.